The van der Waals surface area contributed by atoms with Crippen LogP contribution in [-0.2, 0) is 28.9 Å². The molecule has 34 heavy (non-hydrogen) atoms. The molecule has 3 aliphatic heterocycles. The maximum Gasteiger partial charge on any atom is 0.416 e. The molecule has 0 radical (unpaired) electrons. The second kappa shape index (κ2) is 7.68. The van der Waals surface area contributed by atoms with Gasteiger partial charge in [0.05, 0.1) is 11.6 Å². The number of hydrogen-bond donors (Lipinski definition) is 1. The van der Waals surface area contributed by atoms with E-state index < -0.39 is 29.7 Å². The van der Waals surface area contributed by atoms with Crippen LogP contribution in [0.2, 0.25) is 0 Å². The number of nitrogens with one attached hydrogen (secondary N) is 1. The van der Waals surface area contributed by atoms with Crippen LogP contribution in [0.1, 0.15) is 68.8 Å². The molecule has 0 saturated carbocycles. The van der Waals surface area contributed by atoms with Gasteiger partial charge in [-0.25, -0.2) is 0 Å². The number of rotatable bonds is 2. The van der Waals surface area contributed by atoms with E-state index in [1.165, 1.54) is 28.0 Å². The van der Waals surface area contributed by atoms with E-state index in [9.17, 15) is 32.3 Å². The van der Waals surface area contributed by atoms with Crippen molar-refractivity contribution in [3.8, 4) is 0 Å². The van der Waals surface area contributed by atoms with Crippen molar-refractivity contribution in [3.63, 3.8) is 0 Å². The lowest BCUT2D eigenvalue weighted by atomic mass is 10.0. The number of alkyl halides is 3. The normalized spacial score (nSPS) is 22.1. The molecule has 4 amide bonds. The molecule has 2 atom stereocenters. The SMILES string of the molecule is CC1c2ccc(C(F)(F)F)cc2CN1C(=O)c1ccc2c(c1)CN(C1CCC(=O)NC1=O)C2=O. The fraction of sp³-hybridized carbons (Fsp3) is 0.333. The molecule has 1 saturated heterocycles. The van der Waals surface area contributed by atoms with Crippen LogP contribution in [0.3, 0.4) is 0 Å². The van der Waals surface area contributed by atoms with Gasteiger partial charge in [-0.15, -0.1) is 0 Å². The molecule has 10 heteroatoms. The Labute approximate surface area is 192 Å². The highest BCUT2D eigenvalue weighted by atomic mass is 19.4. The summed E-state index contributed by atoms with van der Waals surface area (Å²) in [6.45, 7) is 1.95. The summed E-state index contributed by atoms with van der Waals surface area (Å²) in [7, 11) is 0. The summed E-state index contributed by atoms with van der Waals surface area (Å²) in [6, 6.07) is 7.00. The van der Waals surface area contributed by atoms with Gasteiger partial charge in [0, 0.05) is 30.6 Å². The van der Waals surface area contributed by atoms with Crippen molar-refractivity contribution >= 4 is 23.6 Å². The molecular weight excluding hydrogens is 451 g/mol. The monoisotopic (exact) mass is 471 g/mol. The summed E-state index contributed by atoms with van der Waals surface area (Å²) in [6.07, 6.45) is -4.08. The van der Waals surface area contributed by atoms with Crippen LogP contribution in [-0.4, -0.2) is 39.5 Å². The van der Waals surface area contributed by atoms with Gasteiger partial charge in [-0.3, -0.25) is 24.5 Å². The third-order valence-corrected chi connectivity index (χ3v) is 6.76. The van der Waals surface area contributed by atoms with Crippen LogP contribution in [0.15, 0.2) is 36.4 Å². The van der Waals surface area contributed by atoms with E-state index in [1.54, 1.807) is 13.0 Å². The van der Waals surface area contributed by atoms with E-state index in [2.05, 4.69) is 5.32 Å². The van der Waals surface area contributed by atoms with E-state index in [0.717, 1.165) is 12.1 Å². The van der Waals surface area contributed by atoms with E-state index in [4.69, 9.17) is 0 Å². The van der Waals surface area contributed by atoms with E-state index in [1.807, 2.05) is 0 Å². The maximum atomic E-state index is 13.3. The lowest BCUT2D eigenvalue weighted by molar-refractivity contribution is -0.138. The first-order valence-corrected chi connectivity index (χ1v) is 10.8. The van der Waals surface area contributed by atoms with Crippen LogP contribution >= 0.6 is 0 Å². The minimum Gasteiger partial charge on any atom is -0.328 e. The zero-order valence-corrected chi connectivity index (χ0v) is 18.1. The molecule has 0 bridgehead atoms. The molecule has 176 valence electrons. The lowest BCUT2D eigenvalue weighted by Crippen LogP contribution is -2.52. The topological polar surface area (TPSA) is 86.8 Å². The third kappa shape index (κ3) is 3.53. The highest BCUT2D eigenvalue weighted by molar-refractivity contribution is 6.06. The highest BCUT2D eigenvalue weighted by Gasteiger charge is 2.40. The summed E-state index contributed by atoms with van der Waals surface area (Å²) in [5.74, 6) is -1.59. The summed E-state index contributed by atoms with van der Waals surface area (Å²) in [4.78, 5) is 52.6. The number of carbonyl (C=O) groups excluding carboxylic acids is 4. The van der Waals surface area contributed by atoms with Crippen LogP contribution in [0.4, 0.5) is 13.2 Å². The molecule has 0 aromatic heterocycles. The summed E-state index contributed by atoms with van der Waals surface area (Å²) in [5.41, 5.74) is 1.65. The molecule has 0 aliphatic carbocycles. The number of hydrogen-bond acceptors (Lipinski definition) is 4. The van der Waals surface area contributed by atoms with Crippen molar-refractivity contribution in [1.29, 1.82) is 0 Å². The van der Waals surface area contributed by atoms with Gasteiger partial charge in [-0.05, 0) is 60.4 Å². The smallest absolute Gasteiger partial charge is 0.328 e. The number of nitrogens with zero attached hydrogens (tertiary/aromatic N) is 2. The van der Waals surface area contributed by atoms with Gasteiger partial charge in [-0.1, -0.05) is 6.07 Å². The first-order valence-electron chi connectivity index (χ1n) is 10.8. The Hall–Kier alpha value is -3.69. The summed E-state index contributed by atoms with van der Waals surface area (Å²) >= 11 is 0. The van der Waals surface area contributed by atoms with E-state index in [0.29, 0.717) is 27.8 Å². The fourth-order valence-corrected chi connectivity index (χ4v) is 4.94. The van der Waals surface area contributed by atoms with Crippen molar-refractivity contribution < 1.29 is 32.3 Å². The number of carbonyl (C=O) groups is 4. The van der Waals surface area contributed by atoms with E-state index in [-0.39, 0.29) is 43.7 Å². The van der Waals surface area contributed by atoms with Gasteiger partial charge >= 0.3 is 6.18 Å². The molecule has 7 nitrogen and oxygen atoms in total. The van der Waals surface area contributed by atoms with Crippen molar-refractivity contribution in [2.45, 2.75) is 51.1 Å². The second-order valence-corrected chi connectivity index (χ2v) is 8.79. The minimum absolute atomic E-state index is 0.0532. The van der Waals surface area contributed by atoms with Crippen molar-refractivity contribution in [1.82, 2.24) is 15.1 Å². The molecule has 2 aromatic rings. The molecule has 2 unspecified atom stereocenters. The van der Waals surface area contributed by atoms with Gasteiger partial charge in [0.1, 0.15) is 6.04 Å². The number of halogens is 3. The van der Waals surface area contributed by atoms with Crippen LogP contribution in [0.5, 0.6) is 0 Å². The Morgan fingerprint density at radius 3 is 2.50 bits per heavy atom. The Morgan fingerprint density at radius 1 is 1.03 bits per heavy atom. The molecule has 3 aliphatic rings. The van der Waals surface area contributed by atoms with Gasteiger partial charge in [0.2, 0.25) is 11.8 Å². The maximum absolute atomic E-state index is 13.3. The molecular formula is C24H20F3N3O4. The van der Waals surface area contributed by atoms with Crippen LogP contribution in [0.25, 0.3) is 0 Å². The minimum atomic E-state index is -4.46. The molecule has 5 rings (SSSR count). The van der Waals surface area contributed by atoms with Gasteiger partial charge < -0.3 is 9.80 Å². The number of fused-ring (bicyclic) bond motifs is 2. The Bertz CT molecular complexity index is 1260. The second-order valence-electron chi connectivity index (χ2n) is 8.79. The first-order chi connectivity index (χ1) is 16.0. The van der Waals surface area contributed by atoms with E-state index >= 15 is 0 Å². The summed E-state index contributed by atoms with van der Waals surface area (Å²) in [5, 5.41) is 2.24. The number of benzene rings is 2. The molecule has 1 fully saturated rings. The Kier molecular flexibility index (Phi) is 5.00. The number of imide groups is 1. The van der Waals surface area contributed by atoms with Crippen molar-refractivity contribution in [2.75, 3.05) is 0 Å². The standard InChI is InChI=1S/C24H20F3N3O4/c1-12-17-5-3-16(24(25,26)27)9-15(17)10-29(12)22(33)13-2-4-18-14(8-13)11-30(23(18)34)19-6-7-20(31)28-21(19)32/h2-5,8-9,12,19H,6-7,10-11H2,1H3,(H,28,31,32). The molecule has 2 aromatic carbocycles. The average molecular weight is 471 g/mol. The fourth-order valence-electron chi connectivity index (χ4n) is 4.94. The Balaban J connectivity index is 1.37. The zero-order valence-electron chi connectivity index (χ0n) is 18.1. The summed E-state index contributed by atoms with van der Waals surface area (Å²) < 4.78 is 39.3. The zero-order chi connectivity index (χ0) is 24.4. The largest absolute Gasteiger partial charge is 0.416 e. The highest BCUT2D eigenvalue weighted by Crippen LogP contribution is 2.39. The van der Waals surface area contributed by atoms with Crippen LogP contribution in [0, 0.1) is 0 Å². The quantitative estimate of drug-likeness (QED) is 0.682. The molecule has 1 N–H and O–H groups in total. The van der Waals surface area contributed by atoms with Crippen molar-refractivity contribution in [3.05, 3.63) is 69.8 Å². The van der Waals surface area contributed by atoms with Crippen LogP contribution < -0.4 is 5.32 Å². The number of piperidine rings is 1. The molecule has 3 heterocycles. The van der Waals surface area contributed by atoms with Crippen molar-refractivity contribution in [2.24, 2.45) is 0 Å². The predicted octanol–water partition coefficient (Wildman–Crippen LogP) is 3.18. The first kappa shape index (κ1) is 22.1. The van der Waals surface area contributed by atoms with Gasteiger partial charge in [-0.2, -0.15) is 13.2 Å². The predicted molar refractivity (Wildman–Crippen MR) is 112 cm³/mol. The lowest BCUT2D eigenvalue weighted by Gasteiger charge is -2.29. The van der Waals surface area contributed by atoms with Gasteiger partial charge in [0.15, 0.2) is 0 Å². The van der Waals surface area contributed by atoms with Gasteiger partial charge in [0.25, 0.3) is 11.8 Å². The number of amides is 4. The average Bonchev–Trinajstić information content (AvgIpc) is 3.29. The molecule has 0 spiro atoms. The third-order valence-electron chi connectivity index (χ3n) is 6.76. The Morgan fingerprint density at radius 2 is 1.79 bits per heavy atom.